The molecule has 4 aromatic rings. The van der Waals surface area contributed by atoms with E-state index >= 15 is 0 Å². The van der Waals surface area contributed by atoms with E-state index in [1.165, 1.54) is 14.1 Å². The molecule has 0 saturated heterocycles. The highest BCUT2D eigenvalue weighted by molar-refractivity contribution is 7.90. The molecule has 2 atom stereocenters. The Hall–Kier alpha value is -4.83. The summed E-state index contributed by atoms with van der Waals surface area (Å²) in [6.07, 6.45) is -0.127. The first-order valence-corrected chi connectivity index (χ1v) is 21.3. The zero-order chi connectivity index (χ0) is 43.1. The minimum absolute atomic E-state index is 0.0259. The van der Waals surface area contributed by atoms with Crippen LogP contribution in [0.5, 0.6) is 5.75 Å². The highest BCUT2D eigenvalue weighted by Gasteiger charge is 2.32. The van der Waals surface area contributed by atoms with E-state index in [0.29, 0.717) is 46.0 Å². The molecule has 0 amide bonds. The second-order valence-electron chi connectivity index (χ2n) is 14.3. The Balaban J connectivity index is 1.80. The minimum Gasteiger partial charge on any atom is -0.511 e. The fraction of sp³-hybridized carbons (Fsp3) is 0.447. The molecule has 20 heteroatoms. The lowest BCUT2D eigenvalue weighted by molar-refractivity contribution is -0.145. The molecule has 58 heavy (non-hydrogen) atoms. The molecule has 0 aromatic heterocycles. The number of benzene rings is 4. The van der Waals surface area contributed by atoms with Crippen molar-refractivity contribution in [1.29, 1.82) is 0 Å². The molecule has 0 heterocycles. The van der Waals surface area contributed by atoms with Crippen LogP contribution in [0.2, 0.25) is 0 Å². The number of anilines is 1. The molecule has 0 radical (unpaired) electrons. The van der Waals surface area contributed by atoms with Crippen LogP contribution in [-0.2, 0) is 34.4 Å². The van der Waals surface area contributed by atoms with E-state index in [-0.39, 0.29) is 65.3 Å². The Morgan fingerprint density at radius 3 is 1.66 bits per heavy atom. The lowest BCUT2D eigenvalue weighted by atomic mass is 9.93. The Morgan fingerprint density at radius 2 is 1.17 bits per heavy atom. The fourth-order valence-electron chi connectivity index (χ4n) is 6.67. The number of carbonyl (C=O) groups is 3. The van der Waals surface area contributed by atoms with Crippen molar-refractivity contribution < 1.29 is 56.4 Å². The van der Waals surface area contributed by atoms with Crippen LogP contribution in [0.25, 0.3) is 32.3 Å². The van der Waals surface area contributed by atoms with Crippen LogP contribution in [0.1, 0.15) is 32.1 Å². The summed E-state index contributed by atoms with van der Waals surface area (Å²) in [5.74, 6) is -3.78. The normalized spacial score (nSPS) is 13.6. The van der Waals surface area contributed by atoms with Gasteiger partial charge in [0.15, 0.2) is 0 Å². The fourth-order valence-corrected chi connectivity index (χ4v) is 9.58. The minimum atomic E-state index is -4.45. The standard InChI is InChI=1S/C38H52N6O12S2/c1-23(45)29(20-34(46)47)40-13-6-16-43(4)57(52,53)32-22-33(58(54,55)44(5)17-7-14-41-30(38(50)51)21-35(48)49)27-12-10-25-31(56-18-8-15-42(2)3)19-28(39)24-9-11-26(32)37(27)36(24)25/h9-12,19,22,29-30,40-41,45H,1,6-8,13-18,20-21,39H2,2-5H3,(H,46,47)(H,48,49)(H,50,51). The summed E-state index contributed by atoms with van der Waals surface area (Å²) >= 11 is 0. The Kier molecular flexibility index (Phi) is 15.2. The highest BCUT2D eigenvalue weighted by Crippen LogP contribution is 2.45. The SMILES string of the molecule is C=C(O)C(CC(=O)O)NCCCN(C)S(=O)(=O)c1cc(S(=O)(=O)N(C)CCCNC(CC(=O)O)C(=O)O)c2ccc3c(OCCCN(C)C)cc(N)c4ccc1c2c43. The number of hydrogen-bond donors (Lipinski definition) is 7. The number of carboxylic acids is 3. The first-order chi connectivity index (χ1) is 27.2. The number of aliphatic hydroxyl groups is 1. The van der Waals surface area contributed by atoms with Crippen molar-refractivity contribution in [2.24, 2.45) is 0 Å². The predicted molar refractivity (Wildman–Crippen MR) is 220 cm³/mol. The van der Waals surface area contributed by atoms with E-state index in [2.05, 4.69) is 17.2 Å². The van der Waals surface area contributed by atoms with Gasteiger partial charge in [-0.2, -0.15) is 0 Å². The molecule has 2 unspecified atom stereocenters. The molecule has 318 valence electrons. The Morgan fingerprint density at radius 1 is 0.707 bits per heavy atom. The molecule has 8 N–H and O–H groups in total. The van der Waals surface area contributed by atoms with E-state index in [9.17, 15) is 41.4 Å². The number of nitrogens with one attached hydrogen (secondary N) is 2. The number of nitrogens with two attached hydrogens (primary N) is 1. The Labute approximate surface area is 337 Å². The molecule has 0 aliphatic rings. The Bertz CT molecular complexity index is 2270. The van der Waals surface area contributed by atoms with Gasteiger partial charge in [-0.25, -0.2) is 25.4 Å². The van der Waals surface area contributed by atoms with E-state index < -0.39 is 62.9 Å². The molecule has 0 saturated carbocycles. The number of nitrogen functional groups attached to an aromatic ring is 1. The zero-order valence-corrected chi connectivity index (χ0v) is 34.5. The van der Waals surface area contributed by atoms with Crippen molar-refractivity contribution in [2.45, 2.75) is 54.0 Å². The number of ether oxygens (including phenoxy) is 1. The van der Waals surface area contributed by atoms with Gasteiger partial charge >= 0.3 is 17.9 Å². The number of aliphatic hydroxyl groups excluding tert-OH is 1. The van der Waals surface area contributed by atoms with Gasteiger partial charge in [-0.05, 0) is 58.6 Å². The van der Waals surface area contributed by atoms with Crippen LogP contribution >= 0.6 is 0 Å². The molecular formula is C38H52N6O12S2. The zero-order valence-electron chi connectivity index (χ0n) is 32.9. The molecule has 0 aliphatic carbocycles. The van der Waals surface area contributed by atoms with Crippen LogP contribution in [0.3, 0.4) is 0 Å². The maximum atomic E-state index is 14.5. The number of rotatable bonds is 25. The van der Waals surface area contributed by atoms with Crippen LogP contribution in [0.4, 0.5) is 5.69 Å². The lowest BCUT2D eigenvalue weighted by Gasteiger charge is -2.24. The number of sulfonamides is 2. The molecule has 4 rings (SSSR count). The molecule has 0 spiro atoms. The smallest absolute Gasteiger partial charge is 0.321 e. The van der Waals surface area contributed by atoms with Crippen molar-refractivity contribution in [3.8, 4) is 5.75 Å². The first-order valence-electron chi connectivity index (χ1n) is 18.4. The summed E-state index contributed by atoms with van der Waals surface area (Å²) in [6.45, 7) is 4.40. The number of nitrogens with zero attached hydrogens (tertiary/aromatic N) is 3. The van der Waals surface area contributed by atoms with E-state index in [4.69, 9.17) is 20.7 Å². The predicted octanol–water partition coefficient (Wildman–Crippen LogP) is 2.54. The molecule has 4 aromatic carbocycles. The first kappa shape index (κ1) is 45.9. The maximum Gasteiger partial charge on any atom is 0.321 e. The number of carboxylic acid groups (broad SMARTS) is 3. The van der Waals surface area contributed by atoms with Gasteiger partial charge < -0.3 is 46.4 Å². The molecule has 0 bridgehead atoms. The van der Waals surface area contributed by atoms with Gasteiger partial charge in [0.2, 0.25) is 20.0 Å². The van der Waals surface area contributed by atoms with Gasteiger partial charge in [0.1, 0.15) is 17.6 Å². The lowest BCUT2D eigenvalue weighted by Crippen LogP contribution is -2.40. The third-order valence-corrected chi connectivity index (χ3v) is 13.5. The summed E-state index contributed by atoms with van der Waals surface area (Å²) in [7, 11) is -2.34. The largest absolute Gasteiger partial charge is 0.511 e. The third kappa shape index (κ3) is 10.6. The van der Waals surface area contributed by atoms with Crippen molar-refractivity contribution in [3.63, 3.8) is 0 Å². The summed E-state index contributed by atoms with van der Waals surface area (Å²) in [6, 6.07) is 7.08. The number of aliphatic carboxylic acids is 3. The van der Waals surface area contributed by atoms with Gasteiger partial charge in [-0.3, -0.25) is 14.4 Å². The molecule has 18 nitrogen and oxygen atoms in total. The van der Waals surface area contributed by atoms with Crippen molar-refractivity contribution >= 4 is 76.0 Å². The summed E-state index contributed by atoms with van der Waals surface area (Å²) in [4.78, 5) is 35.2. The van der Waals surface area contributed by atoms with Gasteiger partial charge in [-0.15, -0.1) is 0 Å². The number of hydrogen-bond acceptors (Lipinski definition) is 13. The van der Waals surface area contributed by atoms with Gasteiger partial charge in [0, 0.05) is 77.8 Å². The highest BCUT2D eigenvalue weighted by atomic mass is 32.2. The van der Waals surface area contributed by atoms with E-state index in [1.807, 2.05) is 19.0 Å². The van der Waals surface area contributed by atoms with Crippen LogP contribution in [0, 0.1) is 0 Å². The van der Waals surface area contributed by atoms with Gasteiger partial charge in [-0.1, -0.05) is 24.8 Å². The van der Waals surface area contributed by atoms with Crippen LogP contribution in [0.15, 0.2) is 58.5 Å². The molecular weight excluding hydrogens is 797 g/mol. The quantitative estimate of drug-likeness (QED) is 0.0219. The van der Waals surface area contributed by atoms with E-state index in [1.54, 1.807) is 30.3 Å². The average Bonchev–Trinajstić information content (AvgIpc) is 3.14. The molecule has 0 fully saturated rings. The van der Waals surface area contributed by atoms with Crippen LogP contribution in [-0.4, -0.2) is 148 Å². The van der Waals surface area contributed by atoms with Crippen molar-refractivity contribution in [3.05, 3.63) is 48.7 Å². The third-order valence-electron chi connectivity index (χ3n) is 9.74. The van der Waals surface area contributed by atoms with Crippen LogP contribution < -0.4 is 21.1 Å². The van der Waals surface area contributed by atoms with Crippen molar-refractivity contribution in [2.75, 3.05) is 73.3 Å². The topological polar surface area (TPSA) is 269 Å². The summed E-state index contributed by atoms with van der Waals surface area (Å²) < 4.78 is 66.2. The molecule has 0 aliphatic heterocycles. The monoisotopic (exact) mass is 848 g/mol. The van der Waals surface area contributed by atoms with Gasteiger partial charge in [0.05, 0.1) is 35.3 Å². The van der Waals surface area contributed by atoms with E-state index in [0.717, 1.165) is 21.2 Å². The second kappa shape index (κ2) is 19.3. The maximum absolute atomic E-state index is 14.5. The van der Waals surface area contributed by atoms with Crippen molar-refractivity contribution in [1.82, 2.24) is 24.1 Å². The second-order valence-corrected chi connectivity index (χ2v) is 18.3. The average molecular weight is 849 g/mol. The summed E-state index contributed by atoms with van der Waals surface area (Å²) in [5, 5.41) is 45.3. The summed E-state index contributed by atoms with van der Waals surface area (Å²) in [5.41, 5.74) is 6.90. The van der Waals surface area contributed by atoms with Gasteiger partial charge in [0.25, 0.3) is 0 Å².